The Morgan fingerprint density at radius 3 is 2.90 bits per heavy atom. The number of halogens is 1. The minimum absolute atomic E-state index is 0.0186. The van der Waals surface area contributed by atoms with Crippen LogP contribution in [0.15, 0.2) is 18.2 Å². The molecule has 0 spiro atoms. The molecule has 1 atom stereocenters. The lowest BCUT2D eigenvalue weighted by atomic mass is 10.0. The molecular formula is C13H16FN3O3. The van der Waals surface area contributed by atoms with Gasteiger partial charge in [-0.25, -0.2) is 4.39 Å². The molecule has 1 unspecified atom stereocenters. The predicted molar refractivity (Wildman–Crippen MR) is 71.0 cm³/mol. The lowest BCUT2D eigenvalue weighted by Crippen LogP contribution is -2.46. The van der Waals surface area contributed by atoms with Crippen LogP contribution < -0.4 is 5.32 Å². The zero-order valence-corrected chi connectivity index (χ0v) is 11.1. The van der Waals surface area contributed by atoms with Crippen LogP contribution in [0.4, 0.5) is 10.1 Å². The van der Waals surface area contributed by atoms with Crippen LogP contribution in [0.3, 0.4) is 0 Å². The van der Waals surface area contributed by atoms with Crippen LogP contribution in [0.5, 0.6) is 0 Å². The van der Waals surface area contributed by atoms with E-state index in [2.05, 4.69) is 5.32 Å². The fourth-order valence-electron chi connectivity index (χ4n) is 2.31. The van der Waals surface area contributed by atoms with Crippen LogP contribution in [-0.4, -0.2) is 41.9 Å². The summed E-state index contributed by atoms with van der Waals surface area (Å²) in [7, 11) is 1.60. The van der Waals surface area contributed by atoms with Gasteiger partial charge in [-0.3, -0.25) is 14.9 Å². The average Bonchev–Trinajstić information content (AvgIpc) is 2.47. The largest absolute Gasteiger partial charge is 0.337 e. The molecule has 1 aromatic rings. The third kappa shape index (κ3) is 2.93. The van der Waals surface area contributed by atoms with Crippen molar-refractivity contribution in [1.29, 1.82) is 0 Å². The van der Waals surface area contributed by atoms with Crippen molar-refractivity contribution in [3.8, 4) is 0 Å². The number of piperidine rings is 1. The molecule has 2 rings (SSSR count). The lowest BCUT2D eigenvalue weighted by Gasteiger charge is -2.31. The third-order valence-corrected chi connectivity index (χ3v) is 3.53. The molecule has 1 saturated heterocycles. The van der Waals surface area contributed by atoms with Gasteiger partial charge in [0.1, 0.15) is 5.82 Å². The van der Waals surface area contributed by atoms with Gasteiger partial charge in [0, 0.05) is 31.8 Å². The number of carbonyl (C=O) groups excluding carboxylic acids is 1. The van der Waals surface area contributed by atoms with Gasteiger partial charge in [0.2, 0.25) is 0 Å². The van der Waals surface area contributed by atoms with E-state index >= 15 is 0 Å². The summed E-state index contributed by atoms with van der Waals surface area (Å²) in [4.78, 5) is 23.8. The molecule has 1 fully saturated rings. The highest BCUT2D eigenvalue weighted by molar-refractivity contribution is 5.95. The minimum Gasteiger partial charge on any atom is -0.337 e. The van der Waals surface area contributed by atoms with E-state index in [1.165, 1.54) is 4.90 Å². The van der Waals surface area contributed by atoms with Gasteiger partial charge in [0.05, 0.1) is 10.5 Å². The molecule has 1 amide bonds. The van der Waals surface area contributed by atoms with Gasteiger partial charge in [0.15, 0.2) is 0 Å². The molecule has 1 heterocycles. The topological polar surface area (TPSA) is 75.5 Å². The number of non-ortho nitro benzene ring substituents is 1. The van der Waals surface area contributed by atoms with Crippen molar-refractivity contribution in [2.75, 3.05) is 20.1 Å². The highest BCUT2D eigenvalue weighted by Gasteiger charge is 2.26. The van der Waals surface area contributed by atoms with Crippen LogP contribution in [0.2, 0.25) is 0 Å². The standard InChI is InChI=1S/C13H16FN3O3/c1-16(10-3-2-6-15-8-10)13(18)11-7-9(17(19)20)4-5-12(11)14/h4-5,7,10,15H,2-3,6,8H2,1H3. The van der Waals surface area contributed by atoms with Crippen LogP contribution in [0, 0.1) is 15.9 Å². The summed E-state index contributed by atoms with van der Waals surface area (Å²) in [5.74, 6) is -1.27. The fourth-order valence-corrected chi connectivity index (χ4v) is 2.31. The monoisotopic (exact) mass is 281 g/mol. The lowest BCUT2D eigenvalue weighted by molar-refractivity contribution is -0.384. The van der Waals surface area contributed by atoms with E-state index in [1.807, 2.05) is 0 Å². The number of amides is 1. The van der Waals surface area contributed by atoms with E-state index in [0.717, 1.165) is 37.6 Å². The molecule has 0 bridgehead atoms. The van der Waals surface area contributed by atoms with Crippen LogP contribution in [-0.2, 0) is 0 Å². The Kier molecular flexibility index (Phi) is 4.29. The second-order valence-corrected chi connectivity index (χ2v) is 4.84. The summed E-state index contributed by atoms with van der Waals surface area (Å²) >= 11 is 0. The molecule has 7 heteroatoms. The second kappa shape index (κ2) is 5.96. The molecule has 0 radical (unpaired) electrons. The molecule has 0 aliphatic carbocycles. The summed E-state index contributed by atoms with van der Waals surface area (Å²) in [5.41, 5.74) is -0.544. The highest BCUT2D eigenvalue weighted by atomic mass is 19.1. The number of nitrogens with zero attached hydrogens (tertiary/aromatic N) is 2. The van der Waals surface area contributed by atoms with Crippen LogP contribution in [0.1, 0.15) is 23.2 Å². The Morgan fingerprint density at radius 1 is 1.55 bits per heavy atom. The van der Waals surface area contributed by atoms with Crippen LogP contribution in [0.25, 0.3) is 0 Å². The molecule has 0 aromatic heterocycles. The Labute approximate surface area is 115 Å². The first-order chi connectivity index (χ1) is 9.50. The molecule has 1 aromatic carbocycles. The van der Waals surface area contributed by atoms with Crippen molar-refractivity contribution < 1.29 is 14.1 Å². The average molecular weight is 281 g/mol. The SMILES string of the molecule is CN(C(=O)c1cc([N+](=O)[O-])ccc1F)C1CCCNC1. The summed E-state index contributed by atoms with van der Waals surface area (Å²) in [6.07, 6.45) is 1.78. The van der Waals surface area contributed by atoms with Gasteiger partial charge in [-0.05, 0) is 25.5 Å². The zero-order valence-electron chi connectivity index (χ0n) is 11.1. The van der Waals surface area contributed by atoms with Crippen molar-refractivity contribution in [2.24, 2.45) is 0 Å². The summed E-state index contributed by atoms with van der Waals surface area (Å²) in [6, 6.07) is 2.98. The normalized spacial score (nSPS) is 18.6. The summed E-state index contributed by atoms with van der Waals surface area (Å²) in [5, 5.41) is 13.9. The van der Waals surface area contributed by atoms with Gasteiger partial charge in [-0.2, -0.15) is 0 Å². The first-order valence-corrected chi connectivity index (χ1v) is 6.42. The molecule has 1 aliphatic rings. The van der Waals surface area contributed by atoms with E-state index in [-0.39, 0.29) is 17.3 Å². The molecule has 1 N–H and O–H groups in total. The molecule has 1 aliphatic heterocycles. The van der Waals surface area contributed by atoms with Gasteiger partial charge < -0.3 is 10.2 Å². The van der Waals surface area contributed by atoms with E-state index in [1.54, 1.807) is 7.05 Å². The molecular weight excluding hydrogens is 265 g/mol. The number of carbonyl (C=O) groups is 1. The number of likely N-dealkylation sites (N-methyl/N-ethyl adjacent to an activating group) is 1. The summed E-state index contributed by atoms with van der Waals surface area (Å²) < 4.78 is 13.7. The number of hydrogen-bond acceptors (Lipinski definition) is 4. The van der Waals surface area contributed by atoms with Gasteiger partial charge in [-0.1, -0.05) is 0 Å². The highest BCUT2D eigenvalue weighted by Crippen LogP contribution is 2.20. The Morgan fingerprint density at radius 2 is 2.30 bits per heavy atom. The first-order valence-electron chi connectivity index (χ1n) is 6.42. The minimum atomic E-state index is -0.740. The number of benzene rings is 1. The number of rotatable bonds is 3. The number of nitrogens with one attached hydrogen (secondary N) is 1. The van der Waals surface area contributed by atoms with E-state index in [9.17, 15) is 19.3 Å². The van der Waals surface area contributed by atoms with Crippen molar-refractivity contribution in [3.05, 3.63) is 39.7 Å². The Hall–Kier alpha value is -2.02. The maximum Gasteiger partial charge on any atom is 0.270 e. The fraction of sp³-hybridized carbons (Fsp3) is 0.462. The Balaban J connectivity index is 2.23. The molecule has 108 valence electrons. The van der Waals surface area contributed by atoms with E-state index in [4.69, 9.17) is 0 Å². The van der Waals surface area contributed by atoms with Crippen LogP contribution >= 0.6 is 0 Å². The number of nitro groups is 1. The summed E-state index contributed by atoms with van der Waals surface area (Å²) in [6.45, 7) is 1.56. The van der Waals surface area contributed by atoms with Gasteiger partial charge in [0.25, 0.3) is 11.6 Å². The molecule has 20 heavy (non-hydrogen) atoms. The van der Waals surface area contributed by atoms with E-state index in [0.29, 0.717) is 6.54 Å². The van der Waals surface area contributed by atoms with Crippen molar-refractivity contribution in [1.82, 2.24) is 10.2 Å². The number of hydrogen-bond donors (Lipinski definition) is 1. The first kappa shape index (κ1) is 14.4. The Bertz CT molecular complexity index is 530. The van der Waals surface area contributed by atoms with Crippen molar-refractivity contribution >= 4 is 11.6 Å². The maximum absolute atomic E-state index is 13.7. The maximum atomic E-state index is 13.7. The smallest absolute Gasteiger partial charge is 0.270 e. The second-order valence-electron chi connectivity index (χ2n) is 4.84. The molecule has 0 saturated carbocycles. The van der Waals surface area contributed by atoms with E-state index < -0.39 is 16.6 Å². The quantitative estimate of drug-likeness (QED) is 0.674. The zero-order chi connectivity index (χ0) is 14.7. The van der Waals surface area contributed by atoms with Crippen molar-refractivity contribution in [3.63, 3.8) is 0 Å². The number of nitro benzene ring substituents is 1. The molecule has 6 nitrogen and oxygen atoms in total. The van der Waals surface area contributed by atoms with Gasteiger partial charge in [-0.15, -0.1) is 0 Å². The third-order valence-electron chi connectivity index (χ3n) is 3.53. The predicted octanol–water partition coefficient (Wildman–Crippen LogP) is 1.56. The van der Waals surface area contributed by atoms with Crippen molar-refractivity contribution in [2.45, 2.75) is 18.9 Å². The van der Waals surface area contributed by atoms with Gasteiger partial charge >= 0.3 is 0 Å².